The largest absolute Gasteiger partial charge is 0.461 e. The number of nitrogens with zero attached hydrogens (tertiary/aromatic N) is 5. The lowest BCUT2D eigenvalue weighted by Crippen LogP contribution is -2.22. The molecule has 0 aromatic carbocycles. The molecule has 0 fully saturated rings. The molecule has 0 N–H and O–H groups in total. The first-order valence-electron chi connectivity index (χ1n) is 7.86. The van der Waals surface area contributed by atoms with Gasteiger partial charge in [-0.25, -0.2) is 14.3 Å². The zero-order chi connectivity index (χ0) is 17.1. The number of esters is 1. The summed E-state index contributed by atoms with van der Waals surface area (Å²) in [5.41, 5.74) is 1.62. The Morgan fingerprint density at radius 3 is 2.83 bits per heavy atom. The number of rotatable bonds is 6. The third kappa shape index (κ3) is 3.08. The van der Waals surface area contributed by atoms with Crippen LogP contribution < -0.4 is 5.69 Å². The van der Waals surface area contributed by atoms with E-state index >= 15 is 0 Å². The summed E-state index contributed by atoms with van der Waals surface area (Å²) in [7, 11) is 0. The molecule has 3 aromatic rings. The molecule has 0 bridgehead atoms. The Balaban J connectivity index is 1.57. The lowest BCUT2D eigenvalue weighted by Gasteiger charge is -2.05. The molecule has 0 amide bonds. The lowest BCUT2D eigenvalue weighted by molar-refractivity contribution is 0.0480. The molecular weight excluding hydrogens is 310 g/mol. The van der Waals surface area contributed by atoms with Crippen LogP contribution in [0.25, 0.3) is 5.65 Å². The lowest BCUT2D eigenvalue weighted by atomic mass is 10.3. The summed E-state index contributed by atoms with van der Waals surface area (Å²) in [6.07, 6.45) is 2.18. The molecule has 3 rings (SSSR count). The number of carbonyl (C=O) groups excluding carboxylic acids is 1. The highest BCUT2D eigenvalue weighted by atomic mass is 16.5. The van der Waals surface area contributed by atoms with Crippen LogP contribution in [0, 0.1) is 6.92 Å². The fraction of sp³-hybridized carbons (Fsp3) is 0.375. The van der Waals surface area contributed by atoms with Crippen LogP contribution in [0.15, 0.2) is 35.3 Å². The van der Waals surface area contributed by atoms with Crippen molar-refractivity contribution < 1.29 is 9.53 Å². The van der Waals surface area contributed by atoms with Gasteiger partial charge in [-0.2, -0.15) is 5.10 Å². The van der Waals surface area contributed by atoms with Gasteiger partial charge in [-0.1, -0.05) is 6.07 Å². The molecule has 126 valence electrons. The van der Waals surface area contributed by atoms with Crippen LogP contribution in [0.4, 0.5) is 0 Å². The van der Waals surface area contributed by atoms with E-state index in [9.17, 15) is 9.59 Å². The van der Waals surface area contributed by atoms with E-state index in [0.717, 1.165) is 5.69 Å². The summed E-state index contributed by atoms with van der Waals surface area (Å²) in [6, 6.07) is 7.08. The fourth-order valence-corrected chi connectivity index (χ4v) is 2.52. The highest BCUT2D eigenvalue weighted by molar-refractivity contribution is 5.87. The summed E-state index contributed by atoms with van der Waals surface area (Å²) >= 11 is 0. The second kappa shape index (κ2) is 6.69. The average Bonchev–Trinajstić information content (AvgIpc) is 3.12. The van der Waals surface area contributed by atoms with Crippen molar-refractivity contribution in [1.29, 1.82) is 0 Å². The van der Waals surface area contributed by atoms with Gasteiger partial charge in [0.15, 0.2) is 5.65 Å². The first kappa shape index (κ1) is 16.0. The maximum Gasteiger partial charge on any atom is 0.356 e. The standard InChI is InChI=1S/C16H19N5O3/c1-3-20-13(11-12(2)17-20)15(22)24-10-6-9-21-16(23)19-8-5-4-7-14(19)18-21/h4-5,7-8,11H,3,6,9-10H2,1-2H3. The summed E-state index contributed by atoms with van der Waals surface area (Å²) in [5.74, 6) is -0.403. The molecule has 0 aliphatic heterocycles. The van der Waals surface area contributed by atoms with Crippen molar-refractivity contribution in [3.05, 3.63) is 52.3 Å². The van der Waals surface area contributed by atoms with E-state index in [2.05, 4.69) is 10.2 Å². The predicted molar refractivity (Wildman–Crippen MR) is 87.0 cm³/mol. The summed E-state index contributed by atoms with van der Waals surface area (Å²) in [6.45, 7) is 4.96. The third-order valence-corrected chi connectivity index (χ3v) is 3.65. The highest BCUT2D eigenvalue weighted by Gasteiger charge is 2.14. The van der Waals surface area contributed by atoms with Crippen molar-refractivity contribution in [3.8, 4) is 0 Å². The van der Waals surface area contributed by atoms with Gasteiger partial charge in [0.1, 0.15) is 5.69 Å². The maximum atomic E-state index is 12.1. The van der Waals surface area contributed by atoms with Crippen molar-refractivity contribution in [2.24, 2.45) is 0 Å². The Kier molecular flexibility index (Phi) is 4.45. The molecule has 3 aromatic heterocycles. The number of carbonyl (C=O) groups is 1. The molecule has 0 aliphatic carbocycles. The molecular formula is C16H19N5O3. The minimum atomic E-state index is -0.403. The molecule has 0 atom stereocenters. The van der Waals surface area contributed by atoms with Gasteiger partial charge < -0.3 is 4.74 Å². The number of hydrogen-bond donors (Lipinski definition) is 0. The van der Waals surface area contributed by atoms with Gasteiger partial charge in [0.2, 0.25) is 0 Å². The third-order valence-electron chi connectivity index (χ3n) is 3.65. The van der Waals surface area contributed by atoms with Crippen LogP contribution >= 0.6 is 0 Å². The molecule has 0 unspecified atom stereocenters. The van der Waals surface area contributed by atoms with Crippen molar-refractivity contribution in [2.45, 2.75) is 33.4 Å². The Morgan fingerprint density at radius 1 is 1.25 bits per heavy atom. The van der Waals surface area contributed by atoms with E-state index in [1.165, 1.54) is 9.08 Å². The zero-order valence-electron chi connectivity index (χ0n) is 13.7. The average molecular weight is 329 g/mol. The topological polar surface area (TPSA) is 83.4 Å². The molecule has 0 radical (unpaired) electrons. The Morgan fingerprint density at radius 2 is 2.08 bits per heavy atom. The van der Waals surface area contributed by atoms with Crippen molar-refractivity contribution in [2.75, 3.05) is 6.61 Å². The molecule has 8 heteroatoms. The summed E-state index contributed by atoms with van der Waals surface area (Å²) < 4.78 is 9.74. The monoisotopic (exact) mass is 329 g/mol. The van der Waals surface area contributed by atoms with Crippen LogP contribution in [-0.4, -0.2) is 36.5 Å². The second-order valence-electron chi connectivity index (χ2n) is 5.41. The van der Waals surface area contributed by atoms with Crippen LogP contribution in [0.1, 0.15) is 29.5 Å². The minimum absolute atomic E-state index is 0.198. The second-order valence-corrected chi connectivity index (χ2v) is 5.41. The smallest absolute Gasteiger partial charge is 0.356 e. The van der Waals surface area contributed by atoms with E-state index in [1.54, 1.807) is 29.1 Å². The Bertz CT molecular complexity index is 921. The number of aryl methyl sites for hydroxylation is 3. The normalized spacial score (nSPS) is 11.1. The van der Waals surface area contributed by atoms with E-state index in [1.807, 2.05) is 19.9 Å². The number of ether oxygens (including phenoxy) is 1. The Labute approximate surface area is 138 Å². The van der Waals surface area contributed by atoms with E-state index in [-0.39, 0.29) is 12.3 Å². The predicted octanol–water partition coefficient (Wildman–Crippen LogP) is 1.27. The first-order chi connectivity index (χ1) is 11.6. The summed E-state index contributed by atoms with van der Waals surface area (Å²) in [5, 5.41) is 8.45. The highest BCUT2D eigenvalue weighted by Crippen LogP contribution is 2.06. The Hall–Kier alpha value is -2.90. The van der Waals surface area contributed by atoms with Crippen molar-refractivity contribution in [3.63, 3.8) is 0 Å². The van der Waals surface area contributed by atoms with Crippen LogP contribution in [0.5, 0.6) is 0 Å². The van der Waals surface area contributed by atoms with Crippen LogP contribution in [-0.2, 0) is 17.8 Å². The number of fused-ring (bicyclic) bond motifs is 1. The molecule has 8 nitrogen and oxygen atoms in total. The van der Waals surface area contributed by atoms with Gasteiger partial charge in [-0.3, -0.25) is 9.08 Å². The minimum Gasteiger partial charge on any atom is -0.461 e. The molecule has 0 spiro atoms. The van der Waals surface area contributed by atoms with Gasteiger partial charge in [0.05, 0.1) is 12.3 Å². The molecule has 0 aliphatic rings. The van der Waals surface area contributed by atoms with Gasteiger partial charge >= 0.3 is 11.7 Å². The molecule has 24 heavy (non-hydrogen) atoms. The number of pyridine rings is 1. The van der Waals surface area contributed by atoms with Crippen molar-refractivity contribution in [1.82, 2.24) is 24.0 Å². The first-order valence-corrected chi connectivity index (χ1v) is 7.86. The van der Waals surface area contributed by atoms with Gasteiger partial charge in [-0.05, 0) is 32.0 Å². The SMILES string of the molecule is CCn1nc(C)cc1C(=O)OCCCn1nc2ccccn2c1=O. The van der Waals surface area contributed by atoms with Gasteiger partial charge in [0.25, 0.3) is 0 Å². The van der Waals surface area contributed by atoms with Gasteiger partial charge in [-0.15, -0.1) is 5.10 Å². The van der Waals surface area contributed by atoms with E-state index in [0.29, 0.717) is 30.9 Å². The zero-order valence-corrected chi connectivity index (χ0v) is 13.7. The van der Waals surface area contributed by atoms with Gasteiger partial charge in [0, 0.05) is 25.7 Å². The maximum absolute atomic E-state index is 12.1. The molecule has 0 saturated heterocycles. The molecule has 3 heterocycles. The molecule has 0 saturated carbocycles. The van der Waals surface area contributed by atoms with Crippen LogP contribution in [0.3, 0.4) is 0 Å². The number of hydrogen-bond acceptors (Lipinski definition) is 5. The van der Waals surface area contributed by atoms with Crippen molar-refractivity contribution >= 4 is 11.6 Å². The van der Waals surface area contributed by atoms with Crippen LogP contribution in [0.2, 0.25) is 0 Å². The number of aromatic nitrogens is 5. The quantitative estimate of drug-likeness (QED) is 0.502. The fourth-order valence-electron chi connectivity index (χ4n) is 2.52. The van der Waals surface area contributed by atoms with E-state index < -0.39 is 5.97 Å². The van der Waals surface area contributed by atoms with E-state index in [4.69, 9.17) is 4.74 Å². The summed E-state index contributed by atoms with van der Waals surface area (Å²) in [4.78, 5) is 24.2.